The zero-order valence-electron chi connectivity index (χ0n) is 15.0. The van der Waals surface area contributed by atoms with Gasteiger partial charge in [-0.25, -0.2) is 8.78 Å². The molecule has 0 N–H and O–H groups in total. The highest BCUT2D eigenvalue weighted by Gasteiger charge is 2.31. The molecule has 0 bridgehead atoms. The van der Waals surface area contributed by atoms with E-state index in [0.717, 1.165) is 43.7 Å². The summed E-state index contributed by atoms with van der Waals surface area (Å²) in [7, 11) is 0. The minimum Gasteiger partial charge on any atom is -0.279 e. The first-order chi connectivity index (χ1) is 13.2. The second kappa shape index (κ2) is 8.30. The first-order valence-corrected chi connectivity index (χ1v) is 10.1. The lowest BCUT2D eigenvalue weighted by molar-refractivity contribution is -0.00689. The average Bonchev–Trinajstić information content (AvgIpc) is 3.20. The summed E-state index contributed by atoms with van der Waals surface area (Å²) in [5, 5.41) is 2.11. The van der Waals surface area contributed by atoms with Crippen LogP contribution in [0.1, 0.15) is 28.6 Å². The molecule has 140 valence electrons. The van der Waals surface area contributed by atoms with Gasteiger partial charge in [0.05, 0.1) is 6.17 Å². The molecule has 0 aliphatic carbocycles. The fraction of sp³-hybridized carbons (Fsp3) is 0.273. The van der Waals surface area contributed by atoms with E-state index in [1.807, 2.05) is 24.3 Å². The van der Waals surface area contributed by atoms with Crippen LogP contribution in [0.2, 0.25) is 0 Å². The lowest BCUT2D eigenvalue weighted by Crippen LogP contribution is -2.46. The van der Waals surface area contributed by atoms with Crippen LogP contribution in [0.3, 0.4) is 0 Å². The van der Waals surface area contributed by atoms with E-state index in [0.29, 0.717) is 0 Å². The van der Waals surface area contributed by atoms with Crippen molar-refractivity contribution in [3.05, 3.63) is 93.7 Å². The minimum atomic E-state index is -0.204. The van der Waals surface area contributed by atoms with Crippen molar-refractivity contribution in [3.63, 3.8) is 0 Å². The monoisotopic (exact) mass is 384 g/mol. The lowest BCUT2D eigenvalue weighted by atomic mass is 10.1. The van der Waals surface area contributed by atoms with Gasteiger partial charge >= 0.3 is 0 Å². The molecule has 1 aliphatic heterocycles. The maximum absolute atomic E-state index is 13.3. The predicted octanol–water partition coefficient (Wildman–Crippen LogP) is 5.43. The van der Waals surface area contributed by atoms with E-state index in [2.05, 4.69) is 27.3 Å². The highest BCUT2D eigenvalue weighted by molar-refractivity contribution is 7.10. The Bertz CT molecular complexity index is 792. The van der Waals surface area contributed by atoms with Gasteiger partial charge in [-0.15, -0.1) is 11.3 Å². The Balaban J connectivity index is 1.58. The zero-order chi connectivity index (χ0) is 18.6. The fourth-order valence-electron chi connectivity index (χ4n) is 3.73. The normalized spacial score (nSPS) is 16.7. The number of halogens is 2. The van der Waals surface area contributed by atoms with Crippen molar-refractivity contribution >= 4 is 11.3 Å². The molecule has 0 unspecified atom stereocenters. The SMILES string of the molecule is Fc1ccc(CN2CCCN(Cc3ccc(F)cc3)C2c2cccs2)cc1. The molecule has 0 radical (unpaired) electrons. The molecule has 2 aromatic carbocycles. The van der Waals surface area contributed by atoms with Gasteiger partial charge in [0.15, 0.2) is 0 Å². The van der Waals surface area contributed by atoms with E-state index in [-0.39, 0.29) is 17.8 Å². The van der Waals surface area contributed by atoms with Gasteiger partial charge in [0.2, 0.25) is 0 Å². The van der Waals surface area contributed by atoms with E-state index in [1.165, 1.54) is 29.1 Å². The van der Waals surface area contributed by atoms with Crippen LogP contribution in [0.4, 0.5) is 8.78 Å². The molecule has 2 heterocycles. The van der Waals surface area contributed by atoms with Crippen LogP contribution in [-0.4, -0.2) is 22.9 Å². The number of nitrogens with zero attached hydrogens (tertiary/aromatic N) is 2. The Morgan fingerprint density at radius 3 is 1.74 bits per heavy atom. The van der Waals surface area contributed by atoms with Crippen LogP contribution in [-0.2, 0) is 13.1 Å². The Kier molecular flexibility index (Phi) is 5.62. The summed E-state index contributed by atoms with van der Waals surface area (Å²) in [6, 6.07) is 17.8. The van der Waals surface area contributed by atoms with Crippen molar-refractivity contribution in [1.29, 1.82) is 0 Å². The number of hydrogen-bond acceptors (Lipinski definition) is 3. The average molecular weight is 384 g/mol. The largest absolute Gasteiger partial charge is 0.279 e. The molecular weight excluding hydrogens is 362 g/mol. The Morgan fingerprint density at radius 1 is 0.778 bits per heavy atom. The van der Waals surface area contributed by atoms with Gasteiger partial charge in [0, 0.05) is 31.1 Å². The maximum Gasteiger partial charge on any atom is 0.123 e. The molecule has 3 aromatic rings. The number of hydrogen-bond donors (Lipinski definition) is 0. The Morgan fingerprint density at radius 2 is 1.30 bits per heavy atom. The second-order valence-corrected chi connectivity index (χ2v) is 7.92. The van der Waals surface area contributed by atoms with Gasteiger partial charge in [-0.05, 0) is 53.3 Å². The summed E-state index contributed by atoms with van der Waals surface area (Å²) < 4.78 is 26.5. The van der Waals surface area contributed by atoms with E-state index < -0.39 is 0 Å². The summed E-state index contributed by atoms with van der Waals surface area (Å²) >= 11 is 1.76. The van der Waals surface area contributed by atoms with Crippen LogP contribution >= 0.6 is 11.3 Å². The van der Waals surface area contributed by atoms with Crippen LogP contribution in [0, 0.1) is 11.6 Å². The molecule has 1 saturated heterocycles. The highest BCUT2D eigenvalue weighted by Crippen LogP contribution is 2.34. The van der Waals surface area contributed by atoms with E-state index in [4.69, 9.17) is 0 Å². The molecule has 5 heteroatoms. The van der Waals surface area contributed by atoms with Crippen LogP contribution in [0.15, 0.2) is 66.0 Å². The molecule has 4 rings (SSSR count). The molecule has 0 spiro atoms. The van der Waals surface area contributed by atoms with Gasteiger partial charge < -0.3 is 0 Å². The third-order valence-corrected chi connectivity index (χ3v) is 5.89. The van der Waals surface area contributed by atoms with E-state index in [1.54, 1.807) is 11.3 Å². The van der Waals surface area contributed by atoms with Crippen molar-refractivity contribution < 1.29 is 8.78 Å². The first-order valence-electron chi connectivity index (χ1n) is 9.19. The smallest absolute Gasteiger partial charge is 0.123 e. The maximum atomic E-state index is 13.3. The molecular formula is C22H22F2N2S. The summed E-state index contributed by atoms with van der Waals surface area (Å²) in [4.78, 5) is 6.21. The summed E-state index contributed by atoms with van der Waals surface area (Å²) in [6.07, 6.45) is 1.25. The number of thiophene rings is 1. The molecule has 1 aromatic heterocycles. The van der Waals surface area contributed by atoms with Crippen molar-refractivity contribution in [2.75, 3.05) is 13.1 Å². The van der Waals surface area contributed by atoms with E-state index >= 15 is 0 Å². The summed E-state index contributed by atoms with van der Waals surface area (Å²) in [5.41, 5.74) is 2.23. The highest BCUT2D eigenvalue weighted by atomic mass is 32.1. The van der Waals surface area contributed by atoms with Crippen molar-refractivity contribution in [2.24, 2.45) is 0 Å². The van der Waals surface area contributed by atoms with Gasteiger partial charge in [-0.1, -0.05) is 30.3 Å². The molecule has 2 nitrogen and oxygen atoms in total. The molecule has 0 amide bonds. The van der Waals surface area contributed by atoms with Crippen molar-refractivity contribution in [3.8, 4) is 0 Å². The van der Waals surface area contributed by atoms with Crippen LogP contribution in [0.25, 0.3) is 0 Å². The molecule has 27 heavy (non-hydrogen) atoms. The number of rotatable bonds is 5. The summed E-state index contributed by atoms with van der Waals surface area (Å²) in [6.45, 7) is 3.56. The third-order valence-electron chi connectivity index (χ3n) is 4.98. The predicted molar refractivity (Wildman–Crippen MR) is 105 cm³/mol. The molecule has 0 atom stereocenters. The van der Waals surface area contributed by atoms with Crippen molar-refractivity contribution in [1.82, 2.24) is 9.80 Å². The second-order valence-electron chi connectivity index (χ2n) is 6.94. The first kappa shape index (κ1) is 18.3. The lowest BCUT2D eigenvalue weighted by Gasteiger charge is -2.43. The van der Waals surface area contributed by atoms with Gasteiger partial charge in [-0.2, -0.15) is 0 Å². The standard InChI is InChI=1S/C22H22F2N2S/c23-19-8-4-17(5-9-19)15-25-12-2-13-26(22(25)21-3-1-14-27-21)16-18-6-10-20(24)11-7-18/h1,3-11,14,22H,2,12-13,15-16H2. The zero-order valence-corrected chi connectivity index (χ0v) is 15.8. The van der Waals surface area contributed by atoms with Gasteiger partial charge in [0.25, 0.3) is 0 Å². The van der Waals surface area contributed by atoms with Crippen molar-refractivity contribution in [2.45, 2.75) is 25.7 Å². The molecule has 0 saturated carbocycles. The summed E-state index contributed by atoms with van der Waals surface area (Å²) in [5.74, 6) is -0.407. The fourth-order valence-corrected chi connectivity index (χ4v) is 4.62. The van der Waals surface area contributed by atoms with Gasteiger partial charge in [0.1, 0.15) is 11.6 Å². The minimum absolute atomic E-state index is 0.175. The number of benzene rings is 2. The van der Waals surface area contributed by atoms with Crippen LogP contribution < -0.4 is 0 Å². The van der Waals surface area contributed by atoms with Gasteiger partial charge in [-0.3, -0.25) is 9.80 Å². The third kappa shape index (κ3) is 4.43. The topological polar surface area (TPSA) is 6.48 Å². The molecule has 1 fully saturated rings. The Hall–Kier alpha value is -2.08. The van der Waals surface area contributed by atoms with Crippen LogP contribution in [0.5, 0.6) is 0 Å². The quantitative estimate of drug-likeness (QED) is 0.578. The van der Waals surface area contributed by atoms with E-state index in [9.17, 15) is 8.78 Å². The Labute approximate surface area is 162 Å². The molecule has 1 aliphatic rings.